The first-order valence-electron chi connectivity index (χ1n) is 8.88. The zero-order valence-electron chi connectivity index (χ0n) is 15.8. The Morgan fingerprint density at radius 1 is 1.16 bits per heavy atom. The van der Waals surface area contributed by atoms with Crippen LogP contribution in [0, 0.1) is 6.92 Å². The molecule has 0 aliphatic carbocycles. The van der Waals surface area contributed by atoms with Crippen molar-refractivity contribution in [1.82, 2.24) is 0 Å². The number of amides is 1. The number of nitrogens with one attached hydrogen (secondary N) is 1. The van der Waals surface area contributed by atoms with Gasteiger partial charge in [-0.3, -0.25) is 4.79 Å². The molecule has 2 aromatic rings. The molecule has 136 valence electrons. The first kappa shape index (κ1) is 21.1. The minimum atomic E-state index is 0.00511. The van der Waals surface area contributed by atoms with Crippen LogP contribution in [0.5, 0.6) is 5.75 Å². The van der Waals surface area contributed by atoms with E-state index in [2.05, 4.69) is 24.9 Å². The summed E-state index contributed by atoms with van der Waals surface area (Å²) in [5.74, 6) is 0.867. The van der Waals surface area contributed by atoms with Crippen LogP contribution >= 0.6 is 12.6 Å². The van der Waals surface area contributed by atoms with Crippen molar-refractivity contribution in [3.05, 3.63) is 53.1 Å². The molecule has 4 heteroatoms. The number of benzene rings is 2. The third kappa shape index (κ3) is 6.13. The Labute approximate surface area is 157 Å². The molecule has 0 fully saturated rings. The summed E-state index contributed by atoms with van der Waals surface area (Å²) >= 11 is 4.37. The second kappa shape index (κ2) is 10.8. The van der Waals surface area contributed by atoms with E-state index in [9.17, 15) is 4.79 Å². The first-order valence-corrected chi connectivity index (χ1v) is 9.32. The predicted octanol–water partition coefficient (Wildman–Crippen LogP) is 5.80. The van der Waals surface area contributed by atoms with Gasteiger partial charge in [0.05, 0.1) is 0 Å². The van der Waals surface area contributed by atoms with E-state index in [-0.39, 0.29) is 5.91 Å². The molecule has 2 aromatic carbocycles. The van der Waals surface area contributed by atoms with Crippen LogP contribution in [0.15, 0.2) is 41.3 Å². The summed E-state index contributed by atoms with van der Waals surface area (Å²) in [4.78, 5) is 12.6. The number of thiol groups is 1. The molecular weight excluding hydrogens is 330 g/mol. The molecule has 1 amide bonds. The first-order chi connectivity index (χ1) is 12.0. The smallest absolute Gasteiger partial charge is 0.224 e. The molecule has 0 bridgehead atoms. The van der Waals surface area contributed by atoms with E-state index >= 15 is 0 Å². The quantitative estimate of drug-likeness (QED) is 0.640. The van der Waals surface area contributed by atoms with E-state index in [0.717, 1.165) is 39.4 Å². The summed E-state index contributed by atoms with van der Waals surface area (Å²) in [6.07, 6.45) is 1.34. The number of hydrogen-bond donors (Lipinski definition) is 2. The van der Waals surface area contributed by atoms with E-state index < -0.39 is 0 Å². The lowest BCUT2D eigenvalue weighted by atomic mass is 10.1. The lowest BCUT2D eigenvalue weighted by Gasteiger charge is -2.16. The van der Waals surface area contributed by atoms with Crippen LogP contribution < -0.4 is 10.1 Å². The molecule has 0 atom stereocenters. The van der Waals surface area contributed by atoms with Gasteiger partial charge in [0, 0.05) is 22.6 Å². The maximum Gasteiger partial charge on any atom is 0.224 e. The van der Waals surface area contributed by atoms with Crippen LogP contribution in [-0.2, 0) is 17.8 Å². The van der Waals surface area contributed by atoms with Crippen LogP contribution in [-0.4, -0.2) is 5.91 Å². The van der Waals surface area contributed by atoms with Crippen LogP contribution in [0.4, 0.5) is 5.69 Å². The SMILES string of the molecule is CC.CCC(=O)Nc1cccc(C)c1COc1ccc(S)cc1CC. The highest BCUT2D eigenvalue weighted by molar-refractivity contribution is 7.80. The minimum absolute atomic E-state index is 0.00511. The second-order valence-electron chi connectivity index (χ2n) is 5.44. The summed E-state index contributed by atoms with van der Waals surface area (Å²) in [6.45, 7) is 10.4. The number of carbonyl (C=O) groups excluding carboxylic acids is 1. The predicted molar refractivity (Wildman–Crippen MR) is 109 cm³/mol. The van der Waals surface area contributed by atoms with Gasteiger partial charge in [-0.2, -0.15) is 0 Å². The van der Waals surface area contributed by atoms with Crippen molar-refractivity contribution in [3.63, 3.8) is 0 Å². The van der Waals surface area contributed by atoms with E-state index in [1.54, 1.807) is 0 Å². The fourth-order valence-corrected chi connectivity index (χ4v) is 2.61. The molecule has 0 saturated heterocycles. The van der Waals surface area contributed by atoms with Crippen LogP contribution in [0.3, 0.4) is 0 Å². The molecule has 0 aromatic heterocycles. The van der Waals surface area contributed by atoms with Gasteiger partial charge in [0.25, 0.3) is 0 Å². The summed E-state index contributed by atoms with van der Waals surface area (Å²) in [7, 11) is 0. The molecule has 0 spiro atoms. The Morgan fingerprint density at radius 3 is 2.52 bits per heavy atom. The van der Waals surface area contributed by atoms with Crippen molar-refractivity contribution < 1.29 is 9.53 Å². The molecule has 0 unspecified atom stereocenters. The number of ether oxygens (including phenoxy) is 1. The lowest BCUT2D eigenvalue weighted by molar-refractivity contribution is -0.115. The van der Waals surface area contributed by atoms with Crippen molar-refractivity contribution >= 4 is 24.2 Å². The molecule has 0 saturated carbocycles. The average molecular weight is 360 g/mol. The van der Waals surface area contributed by atoms with Gasteiger partial charge >= 0.3 is 0 Å². The van der Waals surface area contributed by atoms with Gasteiger partial charge in [-0.1, -0.05) is 39.8 Å². The topological polar surface area (TPSA) is 38.3 Å². The van der Waals surface area contributed by atoms with E-state index in [4.69, 9.17) is 4.74 Å². The Bertz CT molecular complexity index is 698. The summed E-state index contributed by atoms with van der Waals surface area (Å²) in [5.41, 5.74) is 4.06. The van der Waals surface area contributed by atoms with Gasteiger partial charge in [-0.15, -0.1) is 12.6 Å². The van der Waals surface area contributed by atoms with Gasteiger partial charge in [0.15, 0.2) is 0 Å². The third-order valence-electron chi connectivity index (χ3n) is 3.80. The second-order valence-corrected chi connectivity index (χ2v) is 5.95. The third-order valence-corrected chi connectivity index (χ3v) is 4.08. The number of aryl methyl sites for hydroxylation is 2. The lowest BCUT2D eigenvalue weighted by Crippen LogP contribution is -2.13. The highest BCUT2D eigenvalue weighted by Gasteiger charge is 2.10. The molecular formula is C21H29NO2S. The van der Waals surface area contributed by atoms with Crippen molar-refractivity contribution in [2.24, 2.45) is 0 Å². The monoisotopic (exact) mass is 359 g/mol. The maximum atomic E-state index is 11.7. The fraction of sp³-hybridized carbons (Fsp3) is 0.381. The molecule has 2 rings (SSSR count). The Balaban J connectivity index is 0.00000151. The van der Waals surface area contributed by atoms with Crippen LogP contribution in [0.2, 0.25) is 0 Å². The normalized spacial score (nSPS) is 9.84. The Kier molecular flexibility index (Phi) is 9.14. The van der Waals surface area contributed by atoms with Gasteiger partial charge in [0.2, 0.25) is 5.91 Å². The number of anilines is 1. The van der Waals surface area contributed by atoms with Crippen molar-refractivity contribution in [1.29, 1.82) is 0 Å². The van der Waals surface area contributed by atoms with E-state index in [1.165, 1.54) is 0 Å². The van der Waals surface area contributed by atoms with Crippen molar-refractivity contribution in [2.75, 3.05) is 5.32 Å². The largest absolute Gasteiger partial charge is 0.489 e. The summed E-state index contributed by atoms with van der Waals surface area (Å²) in [5, 5.41) is 2.94. The van der Waals surface area contributed by atoms with Crippen molar-refractivity contribution in [3.8, 4) is 5.75 Å². The molecule has 0 aliphatic rings. The number of hydrogen-bond acceptors (Lipinski definition) is 3. The molecule has 25 heavy (non-hydrogen) atoms. The highest BCUT2D eigenvalue weighted by atomic mass is 32.1. The number of rotatable bonds is 6. The highest BCUT2D eigenvalue weighted by Crippen LogP contribution is 2.26. The van der Waals surface area contributed by atoms with Gasteiger partial charge < -0.3 is 10.1 Å². The number of carbonyl (C=O) groups is 1. The minimum Gasteiger partial charge on any atom is -0.489 e. The average Bonchev–Trinajstić information content (AvgIpc) is 2.63. The van der Waals surface area contributed by atoms with Gasteiger partial charge in [-0.05, 0) is 48.7 Å². The maximum absolute atomic E-state index is 11.7. The molecule has 1 N–H and O–H groups in total. The molecule has 0 radical (unpaired) electrons. The van der Waals surface area contributed by atoms with Gasteiger partial charge in [0.1, 0.15) is 12.4 Å². The van der Waals surface area contributed by atoms with Crippen molar-refractivity contribution in [2.45, 2.75) is 59.0 Å². The van der Waals surface area contributed by atoms with Gasteiger partial charge in [-0.25, -0.2) is 0 Å². The zero-order chi connectivity index (χ0) is 18.8. The Morgan fingerprint density at radius 2 is 1.88 bits per heavy atom. The zero-order valence-corrected chi connectivity index (χ0v) is 16.7. The van der Waals surface area contributed by atoms with Crippen LogP contribution in [0.1, 0.15) is 50.8 Å². The standard InChI is InChI=1S/C19H23NO2S.C2H6/c1-4-14-11-15(23)9-10-18(14)22-12-16-13(3)7-6-8-17(16)20-19(21)5-2;1-2/h6-11,23H,4-5,12H2,1-3H3,(H,20,21);1-2H3. The summed E-state index contributed by atoms with van der Waals surface area (Å²) in [6, 6.07) is 11.8. The fourth-order valence-electron chi connectivity index (χ4n) is 2.38. The Hall–Kier alpha value is -1.94. The molecule has 0 aliphatic heterocycles. The molecule has 3 nitrogen and oxygen atoms in total. The summed E-state index contributed by atoms with van der Waals surface area (Å²) < 4.78 is 6.02. The molecule has 0 heterocycles. The van der Waals surface area contributed by atoms with E-state index in [1.807, 2.05) is 64.1 Å². The van der Waals surface area contributed by atoms with Crippen LogP contribution in [0.25, 0.3) is 0 Å². The van der Waals surface area contributed by atoms with E-state index in [0.29, 0.717) is 13.0 Å².